The van der Waals surface area contributed by atoms with Gasteiger partial charge < -0.3 is 19.9 Å². The van der Waals surface area contributed by atoms with Crippen molar-refractivity contribution in [3.63, 3.8) is 0 Å². The number of aryl methyl sites for hydroxylation is 2. The van der Waals surface area contributed by atoms with E-state index >= 15 is 0 Å². The molecular formula is C17H18N4O3S. The molecule has 2 N–H and O–H groups in total. The van der Waals surface area contributed by atoms with Crippen molar-refractivity contribution in [1.82, 2.24) is 14.9 Å². The van der Waals surface area contributed by atoms with E-state index in [0.29, 0.717) is 10.8 Å². The number of carbonyl (C=O) groups is 2. The minimum atomic E-state index is -0.317. The van der Waals surface area contributed by atoms with Gasteiger partial charge in [-0.3, -0.25) is 9.59 Å². The molecule has 0 saturated heterocycles. The summed E-state index contributed by atoms with van der Waals surface area (Å²) in [4.78, 5) is 29.4. The minimum Gasteiger partial charge on any atom is -0.497 e. The second-order valence-electron chi connectivity index (χ2n) is 5.52. The van der Waals surface area contributed by atoms with Gasteiger partial charge in [0.05, 0.1) is 13.7 Å². The first-order valence-corrected chi connectivity index (χ1v) is 8.43. The molecular weight excluding hydrogens is 340 g/mol. The maximum atomic E-state index is 12.4. The summed E-state index contributed by atoms with van der Waals surface area (Å²) < 4.78 is 6.99. The summed E-state index contributed by atoms with van der Waals surface area (Å²) in [6.45, 7) is 1.78. The Balaban J connectivity index is 1.67. The van der Waals surface area contributed by atoms with Crippen molar-refractivity contribution >= 4 is 39.2 Å². The highest BCUT2D eigenvalue weighted by molar-refractivity contribution is 7.15. The molecule has 0 aliphatic rings. The summed E-state index contributed by atoms with van der Waals surface area (Å²) in [5.74, 6) is 0.0921. The van der Waals surface area contributed by atoms with Crippen LogP contribution in [0.15, 0.2) is 30.5 Å². The van der Waals surface area contributed by atoms with Gasteiger partial charge in [-0.15, -0.1) is 11.3 Å². The topological polar surface area (TPSA) is 85.2 Å². The van der Waals surface area contributed by atoms with Crippen molar-refractivity contribution in [3.8, 4) is 5.75 Å². The minimum absolute atomic E-state index is 0.123. The van der Waals surface area contributed by atoms with Gasteiger partial charge in [0.1, 0.15) is 11.4 Å². The van der Waals surface area contributed by atoms with Gasteiger partial charge in [0.2, 0.25) is 5.91 Å². The number of rotatable bonds is 5. The molecule has 0 atom stereocenters. The van der Waals surface area contributed by atoms with Crippen LogP contribution in [0.4, 0.5) is 5.13 Å². The van der Waals surface area contributed by atoms with E-state index in [2.05, 4.69) is 15.6 Å². The van der Waals surface area contributed by atoms with Crippen LogP contribution in [0.3, 0.4) is 0 Å². The largest absolute Gasteiger partial charge is 0.497 e. The zero-order chi connectivity index (χ0) is 18.0. The molecule has 130 valence electrons. The van der Waals surface area contributed by atoms with Crippen LogP contribution >= 0.6 is 11.3 Å². The molecule has 1 aromatic carbocycles. The lowest BCUT2D eigenvalue weighted by Crippen LogP contribution is -2.33. The summed E-state index contributed by atoms with van der Waals surface area (Å²) >= 11 is 1.38. The number of nitrogens with zero attached hydrogens (tertiary/aromatic N) is 2. The van der Waals surface area contributed by atoms with E-state index in [9.17, 15) is 9.59 Å². The number of aromatic nitrogens is 2. The smallest absolute Gasteiger partial charge is 0.268 e. The van der Waals surface area contributed by atoms with Gasteiger partial charge in [0, 0.05) is 29.0 Å². The van der Waals surface area contributed by atoms with Crippen molar-refractivity contribution in [3.05, 3.63) is 41.0 Å². The number of hydrogen-bond acceptors (Lipinski definition) is 5. The predicted molar refractivity (Wildman–Crippen MR) is 97.3 cm³/mol. The van der Waals surface area contributed by atoms with Gasteiger partial charge in [-0.05, 0) is 31.2 Å². The molecule has 2 heterocycles. The number of nitrogens with one attached hydrogen (secondary N) is 2. The van der Waals surface area contributed by atoms with Crippen molar-refractivity contribution in [2.24, 2.45) is 7.05 Å². The molecule has 2 aromatic heterocycles. The first-order valence-electron chi connectivity index (χ1n) is 7.62. The SMILES string of the molecule is COc1ccc2c(c1)cc(C(=O)NCC(=O)Nc1ncc(C)s1)n2C. The number of benzene rings is 1. The number of carbonyl (C=O) groups excluding carboxylic acids is 2. The van der Waals surface area contributed by atoms with E-state index in [-0.39, 0.29) is 18.4 Å². The maximum absolute atomic E-state index is 12.4. The highest BCUT2D eigenvalue weighted by Crippen LogP contribution is 2.23. The fourth-order valence-electron chi connectivity index (χ4n) is 2.50. The van der Waals surface area contributed by atoms with Crippen molar-refractivity contribution < 1.29 is 14.3 Å². The molecule has 0 spiro atoms. The van der Waals surface area contributed by atoms with Crippen LogP contribution in [-0.2, 0) is 11.8 Å². The molecule has 7 nitrogen and oxygen atoms in total. The molecule has 3 rings (SSSR count). The average Bonchev–Trinajstić information content (AvgIpc) is 3.15. The molecule has 0 radical (unpaired) electrons. The van der Waals surface area contributed by atoms with Gasteiger partial charge in [-0.25, -0.2) is 4.98 Å². The Hall–Kier alpha value is -2.87. The zero-order valence-electron chi connectivity index (χ0n) is 14.1. The molecule has 25 heavy (non-hydrogen) atoms. The molecule has 0 unspecified atom stereocenters. The van der Waals surface area contributed by atoms with Crippen LogP contribution in [-0.4, -0.2) is 35.0 Å². The van der Waals surface area contributed by atoms with E-state index in [0.717, 1.165) is 21.5 Å². The van der Waals surface area contributed by atoms with Gasteiger partial charge >= 0.3 is 0 Å². The molecule has 0 aliphatic heterocycles. The number of hydrogen-bond donors (Lipinski definition) is 2. The third kappa shape index (κ3) is 3.63. The lowest BCUT2D eigenvalue weighted by Gasteiger charge is -2.06. The monoisotopic (exact) mass is 358 g/mol. The number of anilines is 1. The van der Waals surface area contributed by atoms with E-state index in [1.165, 1.54) is 11.3 Å². The van der Waals surface area contributed by atoms with Gasteiger partial charge in [0.15, 0.2) is 5.13 Å². The maximum Gasteiger partial charge on any atom is 0.268 e. The van der Waals surface area contributed by atoms with E-state index in [1.807, 2.05) is 32.2 Å². The van der Waals surface area contributed by atoms with Gasteiger partial charge in [-0.2, -0.15) is 0 Å². The van der Waals surface area contributed by atoms with Crippen LogP contribution < -0.4 is 15.4 Å². The normalized spacial score (nSPS) is 10.7. The third-order valence-electron chi connectivity index (χ3n) is 3.76. The first kappa shape index (κ1) is 17.0. The molecule has 0 bridgehead atoms. The Morgan fingerprint density at radius 2 is 2.12 bits per heavy atom. The lowest BCUT2D eigenvalue weighted by molar-refractivity contribution is -0.115. The summed E-state index contributed by atoms with van der Waals surface area (Å²) in [5.41, 5.74) is 1.38. The number of fused-ring (bicyclic) bond motifs is 1. The number of thiazole rings is 1. The third-order valence-corrected chi connectivity index (χ3v) is 4.59. The Kier molecular flexibility index (Phi) is 4.71. The fraction of sp³-hybridized carbons (Fsp3) is 0.235. The van der Waals surface area contributed by atoms with Crippen LogP contribution in [0.2, 0.25) is 0 Å². The van der Waals surface area contributed by atoms with Crippen LogP contribution in [0.1, 0.15) is 15.4 Å². The molecule has 0 fully saturated rings. The van der Waals surface area contributed by atoms with E-state index in [4.69, 9.17) is 4.74 Å². The summed E-state index contributed by atoms with van der Waals surface area (Å²) in [6, 6.07) is 7.37. The predicted octanol–water partition coefficient (Wildman–Crippen LogP) is 2.32. The second-order valence-corrected chi connectivity index (χ2v) is 6.76. The van der Waals surface area contributed by atoms with Crippen LogP contribution in [0.5, 0.6) is 5.75 Å². The standard InChI is InChI=1S/C17H18N4O3S/c1-10-8-19-17(25-10)20-15(22)9-18-16(23)14-7-11-6-12(24-3)4-5-13(11)21(14)2/h4-8H,9H2,1-3H3,(H,18,23)(H,19,20,22). The summed E-state index contributed by atoms with van der Waals surface area (Å²) in [7, 11) is 3.41. The van der Waals surface area contributed by atoms with E-state index < -0.39 is 0 Å². The van der Waals surface area contributed by atoms with Crippen LogP contribution in [0, 0.1) is 6.92 Å². The van der Waals surface area contributed by atoms with Crippen molar-refractivity contribution in [1.29, 1.82) is 0 Å². The Bertz CT molecular complexity index is 945. The Labute approximate surface area is 148 Å². The quantitative estimate of drug-likeness (QED) is 0.733. The Morgan fingerprint density at radius 3 is 2.80 bits per heavy atom. The van der Waals surface area contributed by atoms with Gasteiger partial charge in [-0.1, -0.05) is 0 Å². The van der Waals surface area contributed by atoms with Crippen molar-refractivity contribution in [2.45, 2.75) is 6.92 Å². The zero-order valence-corrected chi connectivity index (χ0v) is 14.9. The lowest BCUT2D eigenvalue weighted by atomic mass is 10.2. The van der Waals surface area contributed by atoms with Crippen molar-refractivity contribution in [2.75, 3.05) is 19.0 Å². The van der Waals surface area contributed by atoms with Gasteiger partial charge in [0.25, 0.3) is 5.91 Å². The van der Waals surface area contributed by atoms with Crippen LogP contribution in [0.25, 0.3) is 10.9 Å². The average molecular weight is 358 g/mol. The first-order chi connectivity index (χ1) is 12.0. The molecule has 8 heteroatoms. The second kappa shape index (κ2) is 6.94. The summed E-state index contributed by atoms with van der Waals surface area (Å²) in [5, 5.41) is 6.71. The highest BCUT2D eigenvalue weighted by Gasteiger charge is 2.15. The molecule has 2 amide bonds. The molecule has 0 aliphatic carbocycles. The molecule has 0 saturated carbocycles. The Morgan fingerprint density at radius 1 is 1.32 bits per heavy atom. The van der Waals surface area contributed by atoms with E-state index in [1.54, 1.807) is 23.9 Å². The highest BCUT2D eigenvalue weighted by atomic mass is 32.1. The number of methoxy groups -OCH3 is 1. The molecule has 3 aromatic rings. The summed E-state index contributed by atoms with van der Waals surface area (Å²) in [6.07, 6.45) is 1.68. The number of amides is 2. The number of ether oxygens (including phenoxy) is 1. The fourth-order valence-corrected chi connectivity index (χ4v) is 3.18.